The summed E-state index contributed by atoms with van der Waals surface area (Å²) in [6.07, 6.45) is 0. The maximum atomic E-state index is 12.3. The predicted octanol–water partition coefficient (Wildman–Crippen LogP) is 1.83. The molecule has 24 heavy (non-hydrogen) atoms. The van der Waals surface area contributed by atoms with E-state index in [-0.39, 0.29) is 33.0 Å². The number of hydrogen-bond donors (Lipinski definition) is 2. The van der Waals surface area contributed by atoms with Crippen LogP contribution in [0.15, 0.2) is 17.0 Å². The third kappa shape index (κ3) is 5.62. The summed E-state index contributed by atoms with van der Waals surface area (Å²) in [4.78, 5) is 22.8. The fourth-order valence-corrected chi connectivity index (χ4v) is 3.59. The SMILES string of the molecule is CNC(=O)COC(=O)c1cc(S(=O)(=O)NCC(C)C)c(Cl)cc1Cl. The Labute approximate surface area is 150 Å². The van der Waals surface area contributed by atoms with Gasteiger partial charge in [0.2, 0.25) is 10.0 Å². The van der Waals surface area contributed by atoms with Gasteiger partial charge >= 0.3 is 5.97 Å². The summed E-state index contributed by atoms with van der Waals surface area (Å²) in [5.74, 6) is -1.36. The van der Waals surface area contributed by atoms with Crippen LogP contribution in [0.2, 0.25) is 10.0 Å². The minimum atomic E-state index is -3.92. The number of nitrogens with one attached hydrogen (secondary N) is 2. The summed E-state index contributed by atoms with van der Waals surface area (Å²) in [5.41, 5.74) is -0.199. The van der Waals surface area contributed by atoms with Crippen molar-refractivity contribution in [3.63, 3.8) is 0 Å². The summed E-state index contributed by atoms with van der Waals surface area (Å²) >= 11 is 11.9. The Morgan fingerprint density at radius 3 is 2.38 bits per heavy atom. The van der Waals surface area contributed by atoms with Crippen LogP contribution in [0.4, 0.5) is 0 Å². The van der Waals surface area contributed by atoms with E-state index in [0.717, 1.165) is 12.1 Å². The van der Waals surface area contributed by atoms with Gasteiger partial charge < -0.3 is 10.1 Å². The number of likely N-dealkylation sites (N-methyl/N-ethyl adjacent to an activating group) is 1. The van der Waals surface area contributed by atoms with Gasteiger partial charge in [0.15, 0.2) is 6.61 Å². The Balaban J connectivity index is 3.13. The van der Waals surface area contributed by atoms with Crippen molar-refractivity contribution in [2.24, 2.45) is 5.92 Å². The van der Waals surface area contributed by atoms with Crippen LogP contribution < -0.4 is 10.0 Å². The van der Waals surface area contributed by atoms with Crippen molar-refractivity contribution in [1.82, 2.24) is 10.0 Å². The molecule has 1 aromatic rings. The van der Waals surface area contributed by atoms with Crippen LogP contribution in [0.25, 0.3) is 0 Å². The van der Waals surface area contributed by atoms with Gasteiger partial charge in [-0.05, 0) is 18.1 Å². The molecule has 10 heteroatoms. The number of rotatable bonds is 7. The lowest BCUT2D eigenvalue weighted by Crippen LogP contribution is -2.28. The lowest BCUT2D eigenvalue weighted by Gasteiger charge is -2.12. The molecule has 0 atom stereocenters. The van der Waals surface area contributed by atoms with Gasteiger partial charge in [-0.2, -0.15) is 0 Å². The molecule has 2 N–H and O–H groups in total. The fourth-order valence-electron chi connectivity index (χ4n) is 1.53. The summed E-state index contributed by atoms with van der Waals surface area (Å²) < 4.78 is 31.8. The molecule has 0 aliphatic heterocycles. The molecule has 0 aliphatic rings. The second kappa shape index (κ2) is 8.66. The van der Waals surface area contributed by atoms with Crippen molar-refractivity contribution >= 4 is 45.1 Å². The average molecular weight is 397 g/mol. The first kappa shape index (κ1) is 20.7. The summed E-state index contributed by atoms with van der Waals surface area (Å²) in [6.45, 7) is 3.38. The monoisotopic (exact) mass is 396 g/mol. The average Bonchev–Trinajstić information content (AvgIpc) is 2.50. The Morgan fingerprint density at radius 1 is 1.21 bits per heavy atom. The number of hydrogen-bond acceptors (Lipinski definition) is 5. The molecule has 0 aliphatic carbocycles. The van der Waals surface area contributed by atoms with E-state index in [1.807, 2.05) is 13.8 Å². The van der Waals surface area contributed by atoms with E-state index >= 15 is 0 Å². The topological polar surface area (TPSA) is 102 Å². The largest absolute Gasteiger partial charge is 0.452 e. The van der Waals surface area contributed by atoms with Gasteiger partial charge in [0.05, 0.1) is 15.6 Å². The van der Waals surface area contributed by atoms with E-state index in [1.165, 1.54) is 7.05 Å². The van der Waals surface area contributed by atoms with Crippen LogP contribution in [-0.2, 0) is 19.6 Å². The van der Waals surface area contributed by atoms with Gasteiger partial charge in [0, 0.05) is 13.6 Å². The minimum absolute atomic E-state index is 0.0790. The predicted molar refractivity (Wildman–Crippen MR) is 90.8 cm³/mol. The Morgan fingerprint density at radius 2 is 1.83 bits per heavy atom. The third-order valence-electron chi connectivity index (χ3n) is 2.83. The summed E-state index contributed by atoms with van der Waals surface area (Å²) in [5, 5.41) is 2.08. The van der Waals surface area contributed by atoms with Gasteiger partial charge in [-0.25, -0.2) is 17.9 Å². The van der Waals surface area contributed by atoms with E-state index < -0.39 is 28.5 Å². The van der Waals surface area contributed by atoms with Crippen LogP contribution in [0, 0.1) is 5.92 Å². The van der Waals surface area contributed by atoms with Crippen molar-refractivity contribution in [3.05, 3.63) is 27.7 Å². The van der Waals surface area contributed by atoms with Gasteiger partial charge in [0.1, 0.15) is 4.90 Å². The highest BCUT2D eigenvalue weighted by Crippen LogP contribution is 2.29. The van der Waals surface area contributed by atoms with Crippen LogP contribution in [0.3, 0.4) is 0 Å². The van der Waals surface area contributed by atoms with Crippen LogP contribution in [-0.4, -0.2) is 40.5 Å². The highest BCUT2D eigenvalue weighted by molar-refractivity contribution is 7.89. The number of amides is 1. The van der Waals surface area contributed by atoms with Crippen LogP contribution >= 0.6 is 23.2 Å². The molecule has 0 saturated carbocycles. The number of carbonyl (C=O) groups is 2. The molecule has 7 nitrogen and oxygen atoms in total. The highest BCUT2D eigenvalue weighted by Gasteiger charge is 2.23. The van der Waals surface area contributed by atoms with Crippen LogP contribution in [0.5, 0.6) is 0 Å². The lowest BCUT2D eigenvalue weighted by molar-refractivity contribution is -0.123. The summed E-state index contributed by atoms with van der Waals surface area (Å²) in [7, 11) is -2.54. The molecule has 134 valence electrons. The zero-order valence-electron chi connectivity index (χ0n) is 13.4. The molecule has 1 aromatic carbocycles. The minimum Gasteiger partial charge on any atom is -0.452 e. The van der Waals surface area contributed by atoms with Crippen molar-refractivity contribution in [2.75, 3.05) is 20.2 Å². The molecule has 0 bridgehead atoms. The van der Waals surface area contributed by atoms with Gasteiger partial charge in [-0.3, -0.25) is 4.79 Å². The van der Waals surface area contributed by atoms with E-state index in [2.05, 4.69) is 10.0 Å². The number of esters is 1. The van der Waals surface area contributed by atoms with Crippen molar-refractivity contribution in [1.29, 1.82) is 0 Å². The molecule has 0 radical (unpaired) electrons. The van der Waals surface area contributed by atoms with Gasteiger partial charge in [0.25, 0.3) is 5.91 Å². The first-order valence-corrected chi connectivity index (χ1v) is 9.18. The number of halogens is 2. The highest BCUT2D eigenvalue weighted by atomic mass is 35.5. The van der Waals surface area contributed by atoms with Gasteiger partial charge in [-0.1, -0.05) is 37.0 Å². The quantitative estimate of drug-likeness (QED) is 0.684. The number of benzene rings is 1. The molecular formula is C14H18Cl2N2O5S. The molecule has 0 aromatic heterocycles. The fraction of sp³-hybridized carbons (Fsp3) is 0.429. The van der Waals surface area contributed by atoms with E-state index in [0.29, 0.717) is 0 Å². The standard InChI is InChI=1S/C14H18Cl2N2O5S/c1-8(2)6-18-24(21,22)12-4-9(10(15)5-11(12)16)14(20)23-7-13(19)17-3/h4-5,8,18H,6-7H2,1-3H3,(H,17,19). The van der Waals surface area contributed by atoms with E-state index in [4.69, 9.17) is 27.9 Å². The first-order valence-electron chi connectivity index (χ1n) is 6.95. The normalized spacial score (nSPS) is 11.4. The van der Waals surface area contributed by atoms with E-state index in [9.17, 15) is 18.0 Å². The Bertz CT molecular complexity index is 735. The molecule has 0 spiro atoms. The molecule has 0 fully saturated rings. The maximum Gasteiger partial charge on any atom is 0.340 e. The van der Waals surface area contributed by atoms with E-state index in [1.54, 1.807) is 0 Å². The first-order chi connectivity index (χ1) is 11.1. The second-order valence-corrected chi connectivity index (χ2v) is 7.81. The zero-order chi connectivity index (χ0) is 18.5. The van der Waals surface area contributed by atoms with Gasteiger partial charge in [-0.15, -0.1) is 0 Å². The van der Waals surface area contributed by atoms with Crippen LogP contribution in [0.1, 0.15) is 24.2 Å². The van der Waals surface area contributed by atoms with Crippen molar-refractivity contribution in [2.45, 2.75) is 18.7 Å². The molecular weight excluding hydrogens is 379 g/mol. The molecule has 1 amide bonds. The molecule has 0 unspecified atom stereocenters. The lowest BCUT2D eigenvalue weighted by atomic mass is 10.2. The zero-order valence-corrected chi connectivity index (χ0v) is 15.7. The molecule has 0 heterocycles. The van der Waals surface area contributed by atoms with Crippen molar-refractivity contribution in [3.8, 4) is 0 Å². The van der Waals surface area contributed by atoms with Crippen molar-refractivity contribution < 1.29 is 22.7 Å². The maximum absolute atomic E-state index is 12.3. The molecule has 0 saturated heterocycles. The molecule has 1 rings (SSSR count). The Kier molecular flexibility index (Phi) is 7.47. The number of sulfonamides is 1. The third-order valence-corrected chi connectivity index (χ3v) is 5.03. The number of ether oxygens (including phenoxy) is 1. The smallest absolute Gasteiger partial charge is 0.340 e. The second-order valence-electron chi connectivity index (χ2n) is 5.26. The number of carbonyl (C=O) groups excluding carboxylic acids is 2. The Hall–Kier alpha value is -1.35. The summed E-state index contributed by atoms with van der Waals surface area (Å²) in [6, 6.07) is 2.17.